The zero-order valence-electron chi connectivity index (χ0n) is 9.81. The van der Waals surface area contributed by atoms with Crippen molar-refractivity contribution < 1.29 is 4.92 Å². The van der Waals surface area contributed by atoms with Crippen molar-refractivity contribution >= 4 is 22.8 Å². The van der Waals surface area contributed by atoms with Gasteiger partial charge in [0, 0.05) is 10.8 Å². The first-order chi connectivity index (χ1) is 9.15. The minimum Gasteiger partial charge on any atom is -0.308 e. The molecule has 3 rings (SSSR count). The van der Waals surface area contributed by atoms with Crippen LogP contribution in [-0.2, 0) is 0 Å². The fraction of sp³-hybridized carbons (Fsp3) is 0.364. The van der Waals surface area contributed by atoms with Gasteiger partial charge in [0.25, 0.3) is 0 Å². The van der Waals surface area contributed by atoms with Crippen molar-refractivity contribution in [2.24, 2.45) is 5.92 Å². The molecule has 2 atom stereocenters. The van der Waals surface area contributed by atoms with E-state index in [2.05, 4.69) is 15.0 Å². The molecule has 0 saturated heterocycles. The lowest BCUT2D eigenvalue weighted by Crippen LogP contribution is -2.13. The van der Waals surface area contributed by atoms with Crippen molar-refractivity contribution in [3.8, 4) is 0 Å². The molecule has 98 valence electrons. The minimum atomic E-state index is -0.289. The molecule has 1 aliphatic carbocycles. The van der Waals surface area contributed by atoms with Crippen LogP contribution in [0.3, 0.4) is 0 Å². The van der Waals surface area contributed by atoms with Crippen molar-refractivity contribution in [3.63, 3.8) is 0 Å². The van der Waals surface area contributed by atoms with Crippen LogP contribution in [0, 0.1) is 16.0 Å². The summed E-state index contributed by atoms with van der Waals surface area (Å²) in [6.45, 7) is -0.0463. The summed E-state index contributed by atoms with van der Waals surface area (Å²) in [5.41, 5.74) is 1.20. The van der Waals surface area contributed by atoms with Gasteiger partial charge in [-0.3, -0.25) is 10.1 Å². The second-order valence-electron chi connectivity index (χ2n) is 4.45. The molecule has 0 radical (unpaired) electrons. The van der Waals surface area contributed by atoms with E-state index < -0.39 is 0 Å². The Bertz CT molecular complexity index is 668. The molecule has 1 aliphatic rings. The Morgan fingerprint density at radius 2 is 2.26 bits per heavy atom. The highest BCUT2D eigenvalue weighted by atomic mass is 35.5. The molecule has 0 saturated carbocycles. The molecule has 19 heavy (non-hydrogen) atoms. The number of hydrogen-bond donors (Lipinski definition) is 0. The number of aromatic nitrogens is 4. The zero-order valence-corrected chi connectivity index (χ0v) is 10.6. The van der Waals surface area contributed by atoms with E-state index in [9.17, 15) is 10.1 Å². The van der Waals surface area contributed by atoms with Crippen LogP contribution in [0.2, 0.25) is 5.15 Å². The summed E-state index contributed by atoms with van der Waals surface area (Å²) >= 11 is 5.94. The number of halogens is 1. The fourth-order valence-electron chi connectivity index (χ4n) is 2.35. The third kappa shape index (κ3) is 2.17. The number of rotatable bonds is 3. The van der Waals surface area contributed by atoms with Crippen LogP contribution in [-0.4, -0.2) is 31.0 Å². The molecule has 2 heterocycles. The molecule has 0 N–H and O–H groups in total. The smallest absolute Gasteiger partial charge is 0.210 e. The highest BCUT2D eigenvalue weighted by Gasteiger charge is 2.25. The second-order valence-corrected chi connectivity index (χ2v) is 4.81. The topological polar surface area (TPSA) is 86.7 Å². The van der Waals surface area contributed by atoms with Crippen molar-refractivity contribution in [2.45, 2.75) is 12.5 Å². The van der Waals surface area contributed by atoms with E-state index in [4.69, 9.17) is 11.6 Å². The quantitative estimate of drug-likeness (QED) is 0.370. The number of hydrogen-bond acceptors (Lipinski definition) is 5. The van der Waals surface area contributed by atoms with E-state index in [0.717, 1.165) is 0 Å². The lowest BCUT2D eigenvalue weighted by Gasteiger charge is -2.11. The van der Waals surface area contributed by atoms with E-state index in [-0.39, 0.29) is 23.4 Å². The number of nitrogens with zero attached hydrogens (tertiary/aromatic N) is 5. The molecule has 8 heteroatoms. The normalized spacial score (nSPS) is 22.2. The van der Waals surface area contributed by atoms with Gasteiger partial charge < -0.3 is 4.57 Å². The van der Waals surface area contributed by atoms with E-state index in [1.54, 1.807) is 6.33 Å². The molecule has 0 amide bonds. The minimum absolute atomic E-state index is 0.0286. The Balaban J connectivity index is 1.89. The highest BCUT2D eigenvalue weighted by molar-refractivity contribution is 6.33. The third-order valence-corrected chi connectivity index (χ3v) is 3.48. The first-order valence-corrected chi connectivity index (χ1v) is 6.16. The lowest BCUT2D eigenvalue weighted by molar-refractivity contribution is -0.485. The third-order valence-electron chi connectivity index (χ3n) is 3.20. The van der Waals surface area contributed by atoms with Crippen molar-refractivity contribution in [3.05, 3.63) is 40.1 Å². The lowest BCUT2D eigenvalue weighted by atomic mass is 10.1. The predicted molar refractivity (Wildman–Crippen MR) is 68.5 cm³/mol. The van der Waals surface area contributed by atoms with Crippen molar-refractivity contribution in [1.29, 1.82) is 0 Å². The highest BCUT2D eigenvalue weighted by Crippen LogP contribution is 2.30. The Kier molecular flexibility index (Phi) is 2.90. The molecule has 7 nitrogen and oxygen atoms in total. The Labute approximate surface area is 113 Å². The molecule has 0 aliphatic heterocycles. The van der Waals surface area contributed by atoms with E-state index >= 15 is 0 Å². The standard InChI is InChI=1S/C11H10ClN5O2/c12-10-9-11(14-5-13-10)16(6-15-9)8-2-1-7(3-8)4-17(18)19/h1-2,5-8H,3-4H2. The summed E-state index contributed by atoms with van der Waals surface area (Å²) in [6.07, 6.45) is 7.53. The number of allylic oxidation sites excluding steroid dienone is 1. The zero-order chi connectivity index (χ0) is 13.4. The van der Waals surface area contributed by atoms with Gasteiger partial charge in [-0.1, -0.05) is 23.8 Å². The summed E-state index contributed by atoms with van der Waals surface area (Å²) < 4.78 is 1.87. The Hall–Kier alpha value is -2.02. The first kappa shape index (κ1) is 12.0. The maximum atomic E-state index is 10.5. The molecular formula is C11H10ClN5O2. The van der Waals surface area contributed by atoms with Gasteiger partial charge in [0.1, 0.15) is 11.8 Å². The second kappa shape index (κ2) is 4.58. The fourth-order valence-corrected chi connectivity index (χ4v) is 2.53. The SMILES string of the molecule is O=[N+]([O-])CC1C=CC(n2cnc3c(Cl)ncnc32)C1. The maximum Gasteiger partial charge on any atom is 0.210 e. The first-order valence-electron chi connectivity index (χ1n) is 5.78. The van der Waals surface area contributed by atoms with Crippen molar-refractivity contribution in [1.82, 2.24) is 19.5 Å². The Morgan fingerprint density at radius 3 is 3.05 bits per heavy atom. The van der Waals surface area contributed by atoms with Gasteiger partial charge in [-0.25, -0.2) is 15.0 Å². The molecule has 2 aromatic rings. The van der Waals surface area contributed by atoms with Gasteiger partial charge in [-0.05, 0) is 6.42 Å². The van der Waals surface area contributed by atoms with Crippen LogP contribution >= 0.6 is 11.6 Å². The van der Waals surface area contributed by atoms with E-state index in [1.165, 1.54) is 6.33 Å². The van der Waals surface area contributed by atoms with E-state index in [1.807, 2.05) is 16.7 Å². The number of fused-ring (bicyclic) bond motifs is 1. The van der Waals surface area contributed by atoms with Crippen molar-refractivity contribution in [2.75, 3.05) is 6.54 Å². The van der Waals surface area contributed by atoms with Gasteiger partial charge in [0.15, 0.2) is 10.8 Å². The summed E-state index contributed by atoms with van der Waals surface area (Å²) in [5, 5.41) is 10.8. The van der Waals surface area contributed by atoms with Crippen LogP contribution < -0.4 is 0 Å². The van der Waals surface area contributed by atoms with Gasteiger partial charge in [-0.15, -0.1) is 0 Å². The van der Waals surface area contributed by atoms with Gasteiger partial charge in [0.05, 0.1) is 12.4 Å². The van der Waals surface area contributed by atoms with Crippen LogP contribution in [0.15, 0.2) is 24.8 Å². The predicted octanol–water partition coefficient (Wildman–Crippen LogP) is 1.87. The van der Waals surface area contributed by atoms with E-state index in [0.29, 0.717) is 22.7 Å². The molecule has 0 aromatic carbocycles. The molecule has 2 unspecified atom stereocenters. The average molecular weight is 280 g/mol. The monoisotopic (exact) mass is 279 g/mol. The Morgan fingerprint density at radius 1 is 1.42 bits per heavy atom. The largest absolute Gasteiger partial charge is 0.308 e. The molecular weight excluding hydrogens is 270 g/mol. The molecule has 0 bridgehead atoms. The van der Waals surface area contributed by atoms with Gasteiger partial charge >= 0.3 is 0 Å². The molecule has 0 fully saturated rings. The molecule has 0 spiro atoms. The van der Waals surface area contributed by atoms with Crippen LogP contribution in [0.5, 0.6) is 0 Å². The number of nitro groups is 1. The van der Waals surface area contributed by atoms with Gasteiger partial charge in [0.2, 0.25) is 6.54 Å². The van der Waals surface area contributed by atoms with Crippen LogP contribution in [0.1, 0.15) is 12.5 Å². The summed E-state index contributed by atoms with van der Waals surface area (Å²) in [5.74, 6) is -0.0465. The van der Waals surface area contributed by atoms with Gasteiger partial charge in [-0.2, -0.15) is 0 Å². The van der Waals surface area contributed by atoms with Crippen LogP contribution in [0.25, 0.3) is 11.2 Å². The van der Waals surface area contributed by atoms with Crippen LogP contribution in [0.4, 0.5) is 0 Å². The molecule has 2 aromatic heterocycles. The maximum absolute atomic E-state index is 10.5. The summed E-state index contributed by atoms with van der Waals surface area (Å²) in [6, 6.07) is 0.0286. The number of imidazole rings is 1. The summed E-state index contributed by atoms with van der Waals surface area (Å²) in [4.78, 5) is 22.5. The average Bonchev–Trinajstić information content (AvgIpc) is 2.95. The summed E-state index contributed by atoms with van der Waals surface area (Å²) in [7, 11) is 0.